The predicted molar refractivity (Wildman–Crippen MR) is 98.5 cm³/mol. The van der Waals surface area contributed by atoms with Crippen LogP contribution in [0.3, 0.4) is 0 Å². The third-order valence-electron chi connectivity index (χ3n) is 5.75. The van der Waals surface area contributed by atoms with E-state index in [0.29, 0.717) is 17.8 Å². The molecule has 0 radical (unpaired) electrons. The van der Waals surface area contributed by atoms with Crippen LogP contribution in [0.25, 0.3) is 0 Å². The molecule has 2 aliphatic heterocycles. The summed E-state index contributed by atoms with van der Waals surface area (Å²) in [6, 6.07) is 5.08. The second-order valence-corrected chi connectivity index (χ2v) is 7.21. The van der Waals surface area contributed by atoms with E-state index in [-0.39, 0.29) is 5.91 Å². The summed E-state index contributed by atoms with van der Waals surface area (Å²) < 4.78 is 0. The minimum atomic E-state index is 0.119. The molecule has 0 spiro atoms. The van der Waals surface area contributed by atoms with Gasteiger partial charge in [-0.15, -0.1) is 0 Å². The first-order chi connectivity index (χ1) is 11.7. The first-order valence-electron chi connectivity index (χ1n) is 9.78. The maximum Gasteiger partial charge on any atom is 0.272 e. The van der Waals surface area contributed by atoms with Crippen molar-refractivity contribution in [3.8, 4) is 0 Å². The lowest BCUT2D eigenvalue weighted by Crippen LogP contribution is -2.44. The Kier molecular flexibility index (Phi) is 5.75. The zero-order valence-corrected chi connectivity index (χ0v) is 15.2. The molecule has 1 aromatic rings. The highest BCUT2D eigenvalue weighted by atomic mass is 16.2. The molecule has 2 fully saturated rings. The summed E-state index contributed by atoms with van der Waals surface area (Å²) >= 11 is 0. The van der Waals surface area contributed by atoms with E-state index < -0.39 is 0 Å². The number of anilines is 1. The van der Waals surface area contributed by atoms with Gasteiger partial charge in [-0.3, -0.25) is 9.78 Å². The van der Waals surface area contributed by atoms with Gasteiger partial charge in [-0.05, 0) is 63.5 Å². The first-order valence-corrected chi connectivity index (χ1v) is 9.78. The van der Waals surface area contributed by atoms with E-state index in [4.69, 9.17) is 0 Å². The average Bonchev–Trinajstić information content (AvgIpc) is 2.67. The molecule has 0 N–H and O–H groups in total. The van der Waals surface area contributed by atoms with Crippen molar-refractivity contribution in [1.82, 2.24) is 9.88 Å². The van der Waals surface area contributed by atoms with Crippen molar-refractivity contribution in [2.75, 3.05) is 18.0 Å². The van der Waals surface area contributed by atoms with Gasteiger partial charge in [0.25, 0.3) is 5.91 Å². The third kappa shape index (κ3) is 3.57. The number of aromatic nitrogens is 1. The van der Waals surface area contributed by atoms with Crippen molar-refractivity contribution in [2.24, 2.45) is 0 Å². The molecule has 1 amide bonds. The number of carbonyl (C=O) groups excluding carboxylic acids is 1. The normalized spacial score (nSPS) is 24.9. The highest BCUT2D eigenvalue weighted by Crippen LogP contribution is 2.28. The number of likely N-dealkylation sites (tertiary alicyclic amines) is 1. The monoisotopic (exact) mass is 329 g/mol. The van der Waals surface area contributed by atoms with Crippen LogP contribution in [0.4, 0.5) is 5.69 Å². The van der Waals surface area contributed by atoms with Crippen LogP contribution in [0, 0.1) is 0 Å². The van der Waals surface area contributed by atoms with E-state index in [1.807, 2.05) is 12.3 Å². The smallest absolute Gasteiger partial charge is 0.272 e. The molecule has 4 heteroatoms. The first kappa shape index (κ1) is 17.2. The fourth-order valence-electron chi connectivity index (χ4n) is 4.32. The van der Waals surface area contributed by atoms with E-state index >= 15 is 0 Å². The summed E-state index contributed by atoms with van der Waals surface area (Å²) in [5, 5.41) is 0. The van der Waals surface area contributed by atoms with Crippen LogP contribution in [0.1, 0.15) is 75.7 Å². The Hall–Kier alpha value is -1.58. The lowest BCUT2D eigenvalue weighted by molar-refractivity contribution is 0.0602. The van der Waals surface area contributed by atoms with Gasteiger partial charge in [-0.1, -0.05) is 13.8 Å². The molecule has 0 bridgehead atoms. The van der Waals surface area contributed by atoms with Crippen LogP contribution >= 0.6 is 0 Å². The zero-order chi connectivity index (χ0) is 16.9. The Morgan fingerprint density at radius 2 is 1.79 bits per heavy atom. The topological polar surface area (TPSA) is 36.4 Å². The van der Waals surface area contributed by atoms with Crippen LogP contribution < -0.4 is 4.90 Å². The van der Waals surface area contributed by atoms with Crippen molar-refractivity contribution in [2.45, 2.75) is 77.3 Å². The van der Waals surface area contributed by atoms with Crippen LogP contribution in [-0.4, -0.2) is 41.0 Å². The summed E-state index contributed by atoms with van der Waals surface area (Å²) in [5.74, 6) is 0.119. The molecule has 4 nitrogen and oxygen atoms in total. The number of hydrogen-bond donors (Lipinski definition) is 0. The van der Waals surface area contributed by atoms with Crippen LogP contribution in [0.15, 0.2) is 18.3 Å². The molecule has 132 valence electrons. The summed E-state index contributed by atoms with van der Waals surface area (Å²) in [6.45, 7) is 6.41. The Labute approximate surface area is 146 Å². The van der Waals surface area contributed by atoms with E-state index in [9.17, 15) is 4.79 Å². The number of rotatable bonds is 4. The molecular weight excluding hydrogens is 298 g/mol. The Morgan fingerprint density at radius 3 is 2.54 bits per heavy atom. The van der Waals surface area contributed by atoms with Crippen molar-refractivity contribution < 1.29 is 4.79 Å². The second kappa shape index (κ2) is 8.00. The van der Waals surface area contributed by atoms with Crippen molar-refractivity contribution in [1.29, 1.82) is 0 Å². The molecule has 1 aromatic heterocycles. The summed E-state index contributed by atoms with van der Waals surface area (Å²) in [6.07, 6.45) is 11.3. The Morgan fingerprint density at radius 1 is 1.08 bits per heavy atom. The predicted octanol–water partition coefficient (Wildman–Crippen LogP) is 4.26. The lowest BCUT2D eigenvalue weighted by atomic mass is 9.98. The number of pyridine rings is 1. The fourth-order valence-corrected chi connectivity index (χ4v) is 4.32. The molecule has 0 aromatic carbocycles. The second-order valence-electron chi connectivity index (χ2n) is 7.21. The summed E-state index contributed by atoms with van der Waals surface area (Å²) in [7, 11) is 0. The fraction of sp³-hybridized carbons (Fsp3) is 0.700. The van der Waals surface area contributed by atoms with Gasteiger partial charge in [-0.2, -0.15) is 0 Å². The molecular formula is C20H31N3O. The van der Waals surface area contributed by atoms with Gasteiger partial charge < -0.3 is 9.80 Å². The quantitative estimate of drug-likeness (QED) is 0.828. The van der Waals surface area contributed by atoms with Crippen LogP contribution in [0.5, 0.6) is 0 Å². The SMILES string of the molecule is CCC1CCCCN1C(=O)c1cc(N2CCCCC2CC)ccn1. The number of carbonyl (C=O) groups is 1. The van der Waals surface area contributed by atoms with E-state index in [1.165, 1.54) is 31.4 Å². The van der Waals surface area contributed by atoms with Crippen molar-refractivity contribution in [3.63, 3.8) is 0 Å². The summed E-state index contributed by atoms with van der Waals surface area (Å²) in [4.78, 5) is 22.0. The van der Waals surface area contributed by atoms with Gasteiger partial charge in [0.1, 0.15) is 5.69 Å². The zero-order valence-electron chi connectivity index (χ0n) is 15.2. The molecule has 2 saturated heterocycles. The minimum Gasteiger partial charge on any atom is -0.368 e. The van der Waals surface area contributed by atoms with E-state index in [0.717, 1.165) is 38.8 Å². The number of amides is 1. The average molecular weight is 329 g/mol. The van der Waals surface area contributed by atoms with Gasteiger partial charge in [0, 0.05) is 37.1 Å². The van der Waals surface area contributed by atoms with E-state index in [2.05, 4.69) is 34.7 Å². The van der Waals surface area contributed by atoms with Crippen molar-refractivity contribution >= 4 is 11.6 Å². The van der Waals surface area contributed by atoms with Crippen LogP contribution in [-0.2, 0) is 0 Å². The highest BCUT2D eigenvalue weighted by molar-refractivity contribution is 5.93. The molecule has 24 heavy (non-hydrogen) atoms. The van der Waals surface area contributed by atoms with Gasteiger partial charge in [0.05, 0.1) is 0 Å². The molecule has 2 atom stereocenters. The Balaban J connectivity index is 1.80. The molecule has 0 saturated carbocycles. The molecule has 0 aliphatic carbocycles. The third-order valence-corrected chi connectivity index (χ3v) is 5.75. The maximum absolute atomic E-state index is 13.0. The number of nitrogens with zero attached hydrogens (tertiary/aromatic N) is 3. The van der Waals surface area contributed by atoms with Gasteiger partial charge in [-0.25, -0.2) is 0 Å². The van der Waals surface area contributed by atoms with Gasteiger partial charge in [0.2, 0.25) is 0 Å². The minimum absolute atomic E-state index is 0.119. The van der Waals surface area contributed by atoms with Crippen LogP contribution in [0.2, 0.25) is 0 Å². The molecule has 2 unspecified atom stereocenters. The molecule has 3 rings (SSSR count). The molecule has 3 heterocycles. The van der Waals surface area contributed by atoms with Gasteiger partial charge in [0.15, 0.2) is 0 Å². The lowest BCUT2D eigenvalue weighted by Gasteiger charge is -2.38. The largest absolute Gasteiger partial charge is 0.368 e. The maximum atomic E-state index is 13.0. The Bertz CT molecular complexity index is 560. The van der Waals surface area contributed by atoms with Crippen molar-refractivity contribution in [3.05, 3.63) is 24.0 Å². The summed E-state index contributed by atoms with van der Waals surface area (Å²) in [5.41, 5.74) is 1.79. The van der Waals surface area contributed by atoms with Gasteiger partial charge >= 0.3 is 0 Å². The highest BCUT2D eigenvalue weighted by Gasteiger charge is 2.28. The van der Waals surface area contributed by atoms with E-state index in [1.54, 1.807) is 0 Å². The number of piperidine rings is 2. The number of hydrogen-bond acceptors (Lipinski definition) is 3. The molecule has 2 aliphatic rings. The standard InChI is InChI=1S/C20H31N3O/c1-3-16-9-5-7-13-22(16)18-11-12-21-19(15-18)20(24)23-14-8-6-10-17(23)4-2/h11-12,15-17H,3-10,13-14H2,1-2H3.